The van der Waals surface area contributed by atoms with Crippen molar-refractivity contribution in [3.63, 3.8) is 0 Å². The molecule has 0 aliphatic carbocycles. The van der Waals surface area contributed by atoms with E-state index in [0.717, 1.165) is 18.8 Å². The summed E-state index contributed by atoms with van der Waals surface area (Å²) >= 11 is 0. The SMILES string of the molecule is COc1cccc(C(CNC(=O)c2ccncc2)N2CCCCC2)c1. The summed E-state index contributed by atoms with van der Waals surface area (Å²) in [7, 11) is 1.68. The van der Waals surface area contributed by atoms with Gasteiger partial charge in [0.05, 0.1) is 13.2 Å². The summed E-state index contributed by atoms with van der Waals surface area (Å²) in [5.74, 6) is 0.785. The zero-order valence-corrected chi connectivity index (χ0v) is 14.6. The lowest BCUT2D eigenvalue weighted by Gasteiger charge is -2.35. The molecule has 0 bridgehead atoms. The van der Waals surface area contributed by atoms with E-state index < -0.39 is 0 Å². The molecule has 2 aromatic rings. The smallest absolute Gasteiger partial charge is 0.251 e. The second-order valence-electron chi connectivity index (χ2n) is 6.33. The van der Waals surface area contributed by atoms with Crippen molar-refractivity contribution in [1.82, 2.24) is 15.2 Å². The van der Waals surface area contributed by atoms with Gasteiger partial charge in [0.25, 0.3) is 5.91 Å². The summed E-state index contributed by atoms with van der Waals surface area (Å²) < 4.78 is 5.37. The lowest BCUT2D eigenvalue weighted by Crippen LogP contribution is -2.40. The van der Waals surface area contributed by atoms with Crippen LogP contribution in [0.15, 0.2) is 48.8 Å². The summed E-state index contributed by atoms with van der Waals surface area (Å²) in [6, 6.07) is 11.8. The average Bonchev–Trinajstić information content (AvgIpc) is 2.69. The maximum Gasteiger partial charge on any atom is 0.251 e. The minimum atomic E-state index is -0.0627. The van der Waals surface area contributed by atoms with Crippen molar-refractivity contribution in [3.05, 3.63) is 59.9 Å². The standard InChI is InChI=1S/C20H25N3O2/c1-25-18-7-5-6-17(14-18)19(23-12-3-2-4-13-23)15-22-20(24)16-8-10-21-11-9-16/h5-11,14,19H,2-4,12-13,15H2,1H3,(H,22,24). The molecule has 132 valence electrons. The van der Waals surface area contributed by atoms with E-state index in [2.05, 4.69) is 27.3 Å². The highest BCUT2D eigenvalue weighted by Gasteiger charge is 2.23. The average molecular weight is 339 g/mol. The molecule has 1 aliphatic rings. The van der Waals surface area contributed by atoms with Crippen molar-refractivity contribution in [1.29, 1.82) is 0 Å². The van der Waals surface area contributed by atoms with E-state index in [4.69, 9.17) is 4.74 Å². The van der Waals surface area contributed by atoms with Crippen molar-refractivity contribution in [3.8, 4) is 5.75 Å². The highest BCUT2D eigenvalue weighted by Crippen LogP contribution is 2.26. The summed E-state index contributed by atoms with van der Waals surface area (Å²) in [6.45, 7) is 2.70. The van der Waals surface area contributed by atoms with Gasteiger partial charge in [0.2, 0.25) is 0 Å². The Kier molecular flexibility index (Phi) is 6.01. The largest absolute Gasteiger partial charge is 0.497 e. The van der Waals surface area contributed by atoms with Gasteiger partial charge in [-0.05, 0) is 55.8 Å². The van der Waals surface area contributed by atoms with Gasteiger partial charge in [0.15, 0.2) is 0 Å². The van der Waals surface area contributed by atoms with Crippen LogP contribution in [0, 0.1) is 0 Å². The Morgan fingerprint density at radius 1 is 1.20 bits per heavy atom. The maximum absolute atomic E-state index is 12.4. The van der Waals surface area contributed by atoms with Crippen molar-refractivity contribution in [2.24, 2.45) is 0 Å². The van der Waals surface area contributed by atoms with Crippen LogP contribution in [0.2, 0.25) is 0 Å². The molecule has 5 nitrogen and oxygen atoms in total. The first-order chi connectivity index (χ1) is 12.3. The number of nitrogens with zero attached hydrogens (tertiary/aromatic N) is 2. The summed E-state index contributed by atoms with van der Waals surface area (Å²) in [4.78, 5) is 18.8. The number of methoxy groups -OCH3 is 1. The number of benzene rings is 1. The molecular formula is C20H25N3O2. The Balaban J connectivity index is 1.75. The number of amides is 1. The van der Waals surface area contributed by atoms with Crippen LogP contribution in [0.5, 0.6) is 5.75 Å². The third-order valence-electron chi connectivity index (χ3n) is 4.71. The van der Waals surface area contributed by atoms with Gasteiger partial charge in [0.1, 0.15) is 5.75 Å². The molecule has 5 heteroatoms. The molecular weight excluding hydrogens is 314 g/mol. The number of likely N-dealkylation sites (tertiary alicyclic amines) is 1. The van der Waals surface area contributed by atoms with Gasteiger partial charge >= 0.3 is 0 Å². The zero-order valence-electron chi connectivity index (χ0n) is 14.6. The Labute approximate surface area is 149 Å². The first kappa shape index (κ1) is 17.4. The number of aromatic nitrogens is 1. The Morgan fingerprint density at radius 3 is 2.68 bits per heavy atom. The molecule has 0 saturated carbocycles. The molecule has 0 radical (unpaired) electrons. The van der Waals surface area contributed by atoms with Gasteiger partial charge in [0, 0.05) is 24.5 Å². The molecule has 1 atom stereocenters. The number of pyridine rings is 1. The molecule has 1 fully saturated rings. The van der Waals surface area contributed by atoms with Crippen LogP contribution >= 0.6 is 0 Å². The fraction of sp³-hybridized carbons (Fsp3) is 0.400. The highest BCUT2D eigenvalue weighted by atomic mass is 16.5. The first-order valence-corrected chi connectivity index (χ1v) is 8.84. The van der Waals surface area contributed by atoms with Gasteiger partial charge in [-0.3, -0.25) is 14.7 Å². The third kappa shape index (κ3) is 4.57. The Bertz CT molecular complexity index is 684. The second-order valence-corrected chi connectivity index (χ2v) is 6.33. The van der Waals surface area contributed by atoms with E-state index in [1.807, 2.05) is 12.1 Å². The van der Waals surface area contributed by atoms with Crippen LogP contribution in [-0.4, -0.2) is 42.5 Å². The van der Waals surface area contributed by atoms with Crippen LogP contribution in [0.1, 0.15) is 41.2 Å². The number of hydrogen-bond acceptors (Lipinski definition) is 4. The van der Waals surface area contributed by atoms with Gasteiger partial charge in [-0.25, -0.2) is 0 Å². The van der Waals surface area contributed by atoms with Crippen LogP contribution in [0.3, 0.4) is 0 Å². The number of carbonyl (C=O) groups is 1. The molecule has 3 rings (SSSR count). The normalized spacial score (nSPS) is 16.2. The molecule has 1 aliphatic heterocycles. The summed E-state index contributed by atoms with van der Waals surface area (Å²) in [5.41, 5.74) is 1.81. The molecule has 1 amide bonds. The number of carbonyl (C=O) groups excluding carboxylic acids is 1. The second kappa shape index (κ2) is 8.62. The molecule has 1 unspecified atom stereocenters. The van der Waals surface area contributed by atoms with Gasteiger partial charge in [-0.1, -0.05) is 18.6 Å². The molecule has 2 heterocycles. The van der Waals surface area contributed by atoms with E-state index in [9.17, 15) is 4.79 Å². The molecule has 1 saturated heterocycles. The van der Waals surface area contributed by atoms with E-state index in [1.54, 1.807) is 31.6 Å². The monoisotopic (exact) mass is 339 g/mol. The highest BCUT2D eigenvalue weighted by molar-refractivity contribution is 5.93. The molecule has 0 spiro atoms. The van der Waals surface area contributed by atoms with Crippen LogP contribution < -0.4 is 10.1 Å². The Morgan fingerprint density at radius 2 is 1.96 bits per heavy atom. The topological polar surface area (TPSA) is 54.5 Å². The quantitative estimate of drug-likeness (QED) is 0.879. The van der Waals surface area contributed by atoms with E-state index in [-0.39, 0.29) is 11.9 Å². The minimum absolute atomic E-state index is 0.0627. The van der Waals surface area contributed by atoms with Crippen molar-refractivity contribution >= 4 is 5.91 Å². The van der Waals surface area contributed by atoms with E-state index >= 15 is 0 Å². The molecule has 1 N–H and O–H groups in total. The number of nitrogens with one attached hydrogen (secondary N) is 1. The van der Waals surface area contributed by atoms with E-state index in [0.29, 0.717) is 12.1 Å². The predicted octanol–water partition coefficient (Wildman–Crippen LogP) is 3.05. The minimum Gasteiger partial charge on any atom is -0.497 e. The fourth-order valence-corrected chi connectivity index (χ4v) is 3.33. The predicted molar refractivity (Wildman–Crippen MR) is 97.7 cm³/mol. The van der Waals surface area contributed by atoms with Gasteiger partial charge in [-0.15, -0.1) is 0 Å². The maximum atomic E-state index is 12.4. The number of hydrogen-bond donors (Lipinski definition) is 1. The lowest BCUT2D eigenvalue weighted by molar-refractivity contribution is 0.0924. The van der Waals surface area contributed by atoms with Crippen molar-refractivity contribution in [2.75, 3.05) is 26.7 Å². The number of ether oxygens (including phenoxy) is 1. The van der Waals surface area contributed by atoms with Gasteiger partial charge in [-0.2, -0.15) is 0 Å². The van der Waals surface area contributed by atoms with E-state index in [1.165, 1.54) is 24.8 Å². The number of piperidine rings is 1. The Hall–Kier alpha value is -2.40. The first-order valence-electron chi connectivity index (χ1n) is 8.84. The summed E-state index contributed by atoms with van der Waals surface area (Å²) in [6.07, 6.45) is 6.97. The molecule has 1 aromatic heterocycles. The van der Waals surface area contributed by atoms with Crippen LogP contribution in [0.25, 0.3) is 0 Å². The van der Waals surface area contributed by atoms with Crippen LogP contribution in [0.4, 0.5) is 0 Å². The zero-order chi connectivity index (χ0) is 17.5. The number of rotatable bonds is 6. The van der Waals surface area contributed by atoms with Crippen LogP contribution in [-0.2, 0) is 0 Å². The van der Waals surface area contributed by atoms with Gasteiger partial charge < -0.3 is 10.1 Å². The van der Waals surface area contributed by atoms with Crippen molar-refractivity contribution in [2.45, 2.75) is 25.3 Å². The molecule has 1 aromatic carbocycles. The molecule has 25 heavy (non-hydrogen) atoms. The fourth-order valence-electron chi connectivity index (χ4n) is 3.33. The van der Waals surface area contributed by atoms with Crippen molar-refractivity contribution < 1.29 is 9.53 Å². The third-order valence-corrected chi connectivity index (χ3v) is 4.71. The summed E-state index contributed by atoms with van der Waals surface area (Å²) in [5, 5.41) is 3.08. The lowest BCUT2D eigenvalue weighted by atomic mass is 10.0.